The maximum absolute atomic E-state index is 5.66. The number of nitrogens with two attached hydrogens (primary N) is 1. The van der Waals surface area contributed by atoms with Crippen molar-refractivity contribution in [1.82, 2.24) is 59.0 Å². The molecular formula is C32H60N12. The van der Waals surface area contributed by atoms with E-state index < -0.39 is 0 Å². The first-order chi connectivity index (χ1) is 21.7. The Kier molecular flexibility index (Phi) is 8.43. The zero-order valence-corrected chi connectivity index (χ0v) is 26.5. The molecule has 5 aliphatic heterocycles. The molecule has 12 heteroatoms. The summed E-state index contributed by atoms with van der Waals surface area (Å²) in [5.41, 5.74) is 9.23. The van der Waals surface area contributed by atoms with Crippen LogP contribution in [0.15, 0.2) is 0 Å². The second-order valence-electron chi connectivity index (χ2n) is 16.2. The average molecular weight is 613 g/mol. The Hall–Kier alpha value is -0.480. The smallest absolute Gasteiger partial charge is 0.0644 e. The number of rotatable bonds is 3. The molecule has 4 saturated carbocycles. The van der Waals surface area contributed by atoms with E-state index in [0.29, 0.717) is 90.4 Å². The van der Waals surface area contributed by atoms with Crippen LogP contribution in [0.5, 0.6) is 0 Å². The largest absolute Gasteiger partial charge is 0.286 e. The van der Waals surface area contributed by atoms with Gasteiger partial charge in [-0.15, -0.1) is 0 Å². The van der Waals surface area contributed by atoms with Gasteiger partial charge in [-0.2, -0.15) is 11.1 Å². The van der Waals surface area contributed by atoms with Crippen LogP contribution in [-0.2, 0) is 0 Å². The topological polar surface area (TPSA) is 158 Å². The maximum Gasteiger partial charge on any atom is 0.0644 e. The Morgan fingerprint density at radius 3 is 1.05 bits per heavy atom. The van der Waals surface area contributed by atoms with Crippen LogP contribution in [0.1, 0.15) is 96.3 Å². The Labute approximate surface area is 263 Å². The van der Waals surface area contributed by atoms with E-state index in [9.17, 15) is 0 Å². The van der Waals surface area contributed by atoms with Crippen molar-refractivity contribution in [3.63, 3.8) is 0 Å². The molecule has 5 saturated heterocycles. The molecule has 0 amide bonds. The molecule has 0 aromatic carbocycles. The molecular weight excluding hydrogens is 552 g/mol. The molecule has 5 heterocycles. The van der Waals surface area contributed by atoms with E-state index in [-0.39, 0.29) is 12.3 Å². The lowest BCUT2D eigenvalue weighted by molar-refractivity contribution is 0.128. The second kappa shape index (κ2) is 12.5. The fourth-order valence-corrected chi connectivity index (χ4v) is 12.4. The Morgan fingerprint density at radius 1 is 0.364 bits per heavy atom. The van der Waals surface area contributed by atoms with E-state index >= 15 is 0 Å². The fraction of sp³-hybridized carbons (Fsp3) is 1.00. The van der Waals surface area contributed by atoms with Gasteiger partial charge in [-0.1, -0.05) is 44.9 Å². The molecule has 17 atom stereocenters. The van der Waals surface area contributed by atoms with E-state index in [1.807, 2.05) is 0 Å². The van der Waals surface area contributed by atoms with Gasteiger partial charge >= 0.3 is 0 Å². The van der Waals surface area contributed by atoms with Crippen LogP contribution < -0.4 is 64.9 Å². The van der Waals surface area contributed by atoms with Crippen molar-refractivity contribution < 1.29 is 0 Å². The summed E-state index contributed by atoms with van der Waals surface area (Å²) in [5, 5.41) is 33.7. The average Bonchev–Trinajstić information content (AvgIpc) is 3.79. The molecule has 9 fully saturated rings. The predicted molar refractivity (Wildman–Crippen MR) is 170 cm³/mol. The van der Waals surface area contributed by atoms with Gasteiger partial charge in [-0.25, -0.2) is 5.43 Å². The number of fused-ring (bicyclic) bond motifs is 20. The van der Waals surface area contributed by atoms with Crippen molar-refractivity contribution in [3.05, 3.63) is 0 Å². The van der Waals surface area contributed by atoms with Crippen LogP contribution in [-0.4, -0.2) is 55.4 Å². The molecule has 44 heavy (non-hydrogen) atoms. The Balaban J connectivity index is 1.05. The molecule has 17 unspecified atom stereocenters. The first-order valence-corrected chi connectivity index (χ1v) is 18.8. The third-order valence-electron chi connectivity index (χ3n) is 14.2. The van der Waals surface area contributed by atoms with Gasteiger partial charge in [-0.05, 0) is 92.8 Å². The predicted octanol–water partition coefficient (Wildman–Crippen LogP) is 0.0566. The van der Waals surface area contributed by atoms with Crippen molar-refractivity contribution >= 4 is 0 Å². The number of nitrogens with one attached hydrogen (secondary N) is 11. The zero-order valence-electron chi connectivity index (χ0n) is 26.5. The first-order valence-electron chi connectivity index (χ1n) is 18.8. The lowest BCUT2D eigenvalue weighted by atomic mass is 9.75. The minimum absolute atomic E-state index is 0.232. The SMILES string of the molecule is NNNNC1CCCC2C3NC4NC(NC5NC(NC6NC(NC(N3)C12)C1CCCCC61)C1CCCCC51)C1CCCCC41. The maximum atomic E-state index is 5.66. The zero-order chi connectivity index (χ0) is 29.2. The monoisotopic (exact) mass is 613 g/mol. The van der Waals surface area contributed by atoms with Crippen molar-refractivity contribution in [2.45, 2.75) is 152 Å². The number of hydrogen-bond acceptors (Lipinski definition) is 12. The third-order valence-corrected chi connectivity index (χ3v) is 14.2. The van der Waals surface area contributed by atoms with E-state index in [1.165, 1.54) is 89.9 Å². The first kappa shape index (κ1) is 29.6. The molecule has 8 bridgehead atoms. The molecule has 0 aromatic rings. The van der Waals surface area contributed by atoms with Gasteiger partial charge in [0.15, 0.2) is 0 Å². The summed E-state index contributed by atoms with van der Waals surface area (Å²) in [6.07, 6.45) is 22.5. The molecule has 12 nitrogen and oxygen atoms in total. The van der Waals surface area contributed by atoms with E-state index in [1.54, 1.807) is 0 Å². The van der Waals surface area contributed by atoms with Crippen LogP contribution in [0.4, 0.5) is 0 Å². The van der Waals surface area contributed by atoms with E-state index in [0.717, 1.165) is 6.42 Å². The van der Waals surface area contributed by atoms with Crippen molar-refractivity contribution in [1.29, 1.82) is 0 Å². The van der Waals surface area contributed by atoms with Crippen molar-refractivity contribution in [2.24, 2.45) is 53.2 Å². The number of hydrogen-bond donors (Lipinski definition) is 12. The van der Waals surface area contributed by atoms with Gasteiger partial charge in [0.05, 0.1) is 49.3 Å². The Morgan fingerprint density at radius 2 is 0.682 bits per heavy atom. The molecule has 4 aliphatic carbocycles. The summed E-state index contributed by atoms with van der Waals surface area (Å²) in [7, 11) is 0. The highest BCUT2D eigenvalue weighted by molar-refractivity contribution is 5.09. The van der Waals surface area contributed by atoms with Gasteiger partial charge in [0.1, 0.15) is 0 Å². The minimum atomic E-state index is 0.232. The van der Waals surface area contributed by atoms with Crippen molar-refractivity contribution in [2.75, 3.05) is 0 Å². The third kappa shape index (κ3) is 5.20. The van der Waals surface area contributed by atoms with Crippen molar-refractivity contribution in [3.8, 4) is 0 Å². The lowest BCUT2D eigenvalue weighted by Gasteiger charge is -2.39. The minimum Gasteiger partial charge on any atom is -0.286 e. The molecule has 9 aliphatic rings. The summed E-state index contributed by atoms with van der Waals surface area (Å²) < 4.78 is 0. The van der Waals surface area contributed by atoms with E-state index in [2.05, 4.69) is 59.0 Å². The molecule has 248 valence electrons. The van der Waals surface area contributed by atoms with Crippen LogP contribution in [0.2, 0.25) is 0 Å². The summed E-state index contributed by atoms with van der Waals surface area (Å²) in [6.45, 7) is 0. The fourth-order valence-electron chi connectivity index (χ4n) is 12.4. The van der Waals surface area contributed by atoms with Gasteiger partial charge in [0.25, 0.3) is 0 Å². The molecule has 9 rings (SSSR count). The molecule has 13 N–H and O–H groups in total. The lowest BCUT2D eigenvalue weighted by Crippen LogP contribution is -2.62. The summed E-state index contributed by atoms with van der Waals surface area (Å²) in [4.78, 5) is 0. The second-order valence-corrected chi connectivity index (χ2v) is 16.2. The van der Waals surface area contributed by atoms with Crippen LogP contribution in [0, 0.1) is 47.3 Å². The van der Waals surface area contributed by atoms with Crippen LogP contribution in [0.3, 0.4) is 0 Å². The molecule has 0 spiro atoms. The van der Waals surface area contributed by atoms with Crippen LogP contribution >= 0.6 is 0 Å². The number of hydrazine groups is 3. The normalized spacial score (nSPS) is 55.2. The van der Waals surface area contributed by atoms with Gasteiger partial charge in [-0.3, -0.25) is 48.4 Å². The van der Waals surface area contributed by atoms with Gasteiger partial charge in [0.2, 0.25) is 0 Å². The molecule has 0 aromatic heterocycles. The quantitative estimate of drug-likeness (QED) is 0.154. The van der Waals surface area contributed by atoms with Gasteiger partial charge < -0.3 is 0 Å². The highest BCUT2D eigenvalue weighted by Crippen LogP contribution is 2.45. The summed E-state index contributed by atoms with van der Waals surface area (Å²) in [6, 6.07) is 0.345. The van der Waals surface area contributed by atoms with Gasteiger partial charge in [0, 0.05) is 12.0 Å². The van der Waals surface area contributed by atoms with Crippen LogP contribution in [0.25, 0.3) is 0 Å². The standard InChI is InChI=1S/C32H60N12/c33-43-44-42-23-15-7-14-22-24(23)32-40-30-21-13-6-5-12-20(21)28(38-30)36-26-17-9-2-1-8-16(17)25(34-26)35-27-18-10-3-4-11-19(18)29(37-27)39-31(22)41-32/h16-32,34-44H,1-15,33H2. The summed E-state index contributed by atoms with van der Waals surface area (Å²) in [5.74, 6) is 10.8. The Bertz CT molecular complexity index is 1000. The summed E-state index contributed by atoms with van der Waals surface area (Å²) >= 11 is 0. The van der Waals surface area contributed by atoms with E-state index in [4.69, 9.17) is 5.84 Å². The highest BCUT2D eigenvalue weighted by atomic mass is 15.7. The molecule has 0 radical (unpaired) electrons. The highest BCUT2D eigenvalue weighted by Gasteiger charge is 2.55.